The first-order valence-electron chi connectivity index (χ1n) is 10.3. The smallest absolute Gasteiger partial charge is 0.261 e. The van der Waals surface area contributed by atoms with E-state index in [-0.39, 0.29) is 5.91 Å². The summed E-state index contributed by atoms with van der Waals surface area (Å²) >= 11 is 0. The van der Waals surface area contributed by atoms with Gasteiger partial charge in [-0.2, -0.15) is 0 Å². The van der Waals surface area contributed by atoms with Gasteiger partial charge in [-0.15, -0.1) is 0 Å². The number of carbonyl (C=O) groups excluding carboxylic acids is 1. The number of carbonyl (C=O) groups is 1. The van der Waals surface area contributed by atoms with E-state index in [1.807, 2.05) is 30.5 Å². The second-order valence-corrected chi connectivity index (χ2v) is 8.02. The summed E-state index contributed by atoms with van der Waals surface area (Å²) in [5.74, 6) is 1.99. The van der Waals surface area contributed by atoms with Crippen LogP contribution in [0.25, 0.3) is 0 Å². The average molecular weight is 397 g/mol. The Morgan fingerprint density at radius 2 is 1.90 bits per heavy atom. The number of ether oxygens (including phenoxy) is 1. The predicted molar refractivity (Wildman–Crippen MR) is 116 cm³/mol. The molecule has 0 radical (unpaired) electrons. The molecule has 1 aliphatic rings. The molecule has 29 heavy (non-hydrogen) atoms. The summed E-state index contributed by atoms with van der Waals surface area (Å²) < 4.78 is 5.85. The maximum Gasteiger partial charge on any atom is 0.261 e. The molecule has 1 saturated heterocycles. The summed E-state index contributed by atoms with van der Waals surface area (Å²) in [4.78, 5) is 21.6. The Labute approximate surface area is 173 Å². The third-order valence-electron chi connectivity index (χ3n) is 5.31. The molecule has 1 fully saturated rings. The first-order chi connectivity index (χ1) is 13.9. The lowest BCUT2D eigenvalue weighted by molar-refractivity contribution is -0.127. The largest absolute Gasteiger partial charge is 0.481 e. The number of rotatable bonds is 7. The number of nitrogens with zero attached hydrogens (tertiary/aromatic N) is 3. The number of aromatic nitrogens is 1. The van der Waals surface area contributed by atoms with Crippen LogP contribution < -0.4 is 15.0 Å². The van der Waals surface area contributed by atoms with Gasteiger partial charge in [0.25, 0.3) is 5.91 Å². The van der Waals surface area contributed by atoms with Gasteiger partial charge in [0.15, 0.2) is 6.10 Å². The van der Waals surface area contributed by atoms with Gasteiger partial charge in [-0.1, -0.05) is 26.0 Å². The average Bonchev–Trinajstić information content (AvgIpc) is 2.73. The highest BCUT2D eigenvalue weighted by Crippen LogP contribution is 2.21. The van der Waals surface area contributed by atoms with Crippen LogP contribution in [-0.2, 0) is 11.3 Å². The third-order valence-corrected chi connectivity index (χ3v) is 5.31. The minimum atomic E-state index is -0.559. The second-order valence-electron chi connectivity index (χ2n) is 8.02. The quantitative estimate of drug-likeness (QED) is 0.780. The maximum atomic E-state index is 12.5. The number of pyridine rings is 1. The van der Waals surface area contributed by atoms with E-state index in [0.29, 0.717) is 12.5 Å². The molecule has 2 heterocycles. The van der Waals surface area contributed by atoms with Crippen LogP contribution in [0.4, 0.5) is 5.82 Å². The van der Waals surface area contributed by atoms with Crippen molar-refractivity contribution in [3.05, 3.63) is 53.7 Å². The molecule has 1 amide bonds. The van der Waals surface area contributed by atoms with Crippen LogP contribution in [0.5, 0.6) is 5.75 Å². The molecule has 0 unspecified atom stereocenters. The highest BCUT2D eigenvalue weighted by molar-refractivity contribution is 5.80. The summed E-state index contributed by atoms with van der Waals surface area (Å²) in [5.41, 5.74) is 2.24. The van der Waals surface area contributed by atoms with Gasteiger partial charge < -0.3 is 19.9 Å². The fourth-order valence-corrected chi connectivity index (χ4v) is 3.32. The van der Waals surface area contributed by atoms with Crippen molar-refractivity contribution >= 4 is 11.7 Å². The summed E-state index contributed by atoms with van der Waals surface area (Å²) in [6.45, 7) is 10.5. The molecule has 2 aromatic rings. The molecule has 0 aliphatic carbocycles. The van der Waals surface area contributed by atoms with Gasteiger partial charge in [-0.05, 0) is 55.3 Å². The number of hydrogen-bond acceptors (Lipinski definition) is 5. The molecule has 1 N–H and O–H groups in total. The Bertz CT molecular complexity index is 816. The van der Waals surface area contributed by atoms with Crippen LogP contribution in [0.15, 0.2) is 42.6 Å². The van der Waals surface area contributed by atoms with Gasteiger partial charge in [0.1, 0.15) is 11.6 Å². The van der Waals surface area contributed by atoms with Crippen molar-refractivity contribution in [2.24, 2.45) is 0 Å². The van der Waals surface area contributed by atoms with E-state index in [0.717, 1.165) is 43.3 Å². The highest BCUT2D eigenvalue weighted by atomic mass is 16.5. The van der Waals surface area contributed by atoms with E-state index in [9.17, 15) is 4.79 Å². The van der Waals surface area contributed by atoms with Crippen molar-refractivity contribution < 1.29 is 9.53 Å². The van der Waals surface area contributed by atoms with Gasteiger partial charge in [0.2, 0.25) is 0 Å². The van der Waals surface area contributed by atoms with E-state index in [4.69, 9.17) is 4.74 Å². The van der Waals surface area contributed by atoms with Crippen LogP contribution in [-0.4, -0.2) is 55.1 Å². The summed E-state index contributed by atoms with van der Waals surface area (Å²) in [5, 5.41) is 2.98. The zero-order chi connectivity index (χ0) is 20.8. The van der Waals surface area contributed by atoms with Crippen molar-refractivity contribution in [3.8, 4) is 5.75 Å². The summed E-state index contributed by atoms with van der Waals surface area (Å²) in [7, 11) is 2.14. The minimum Gasteiger partial charge on any atom is -0.481 e. The van der Waals surface area contributed by atoms with E-state index in [1.54, 1.807) is 6.92 Å². The van der Waals surface area contributed by atoms with Crippen molar-refractivity contribution in [1.82, 2.24) is 15.2 Å². The monoisotopic (exact) mass is 396 g/mol. The molecule has 0 saturated carbocycles. The number of benzene rings is 1. The Morgan fingerprint density at radius 3 is 2.62 bits per heavy atom. The molecular formula is C23H32N4O2. The molecule has 1 aromatic heterocycles. The van der Waals surface area contributed by atoms with Crippen LogP contribution in [0.1, 0.15) is 37.8 Å². The van der Waals surface area contributed by atoms with E-state index >= 15 is 0 Å². The zero-order valence-electron chi connectivity index (χ0n) is 17.9. The molecule has 6 heteroatoms. The molecular weight excluding hydrogens is 364 g/mol. The normalized spacial score (nSPS) is 16.0. The first-order valence-corrected chi connectivity index (χ1v) is 10.3. The topological polar surface area (TPSA) is 57.7 Å². The number of hydrogen-bond donors (Lipinski definition) is 1. The van der Waals surface area contributed by atoms with Crippen molar-refractivity contribution in [2.45, 2.75) is 39.3 Å². The Hall–Kier alpha value is -2.60. The lowest BCUT2D eigenvalue weighted by Crippen LogP contribution is -2.44. The fourth-order valence-electron chi connectivity index (χ4n) is 3.32. The minimum absolute atomic E-state index is 0.127. The molecule has 1 aromatic carbocycles. The molecule has 0 spiro atoms. The lowest BCUT2D eigenvalue weighted by atomic mass is 10.0. The predicted octanol–water partition coefficient (Wildman–Crippen LogP) is 3.04. The Balaban J connectivity index is 1.53. The first kappa shape index (κ1) is 21.1. The van der Waals surface area contributed by atoms with Crippen LogP contribution >= 0.6 is 0 Å². The summed E-state index contributed by atoms with van der Waals surface area (Å²) in [6, 6.07) is 11.9. The standard InChI is InChI=1S/C23H32N4O2/c1-17(2)20-6-5-7-21(15-20)29-18(3)23(28)25-16-19-8-9-24-22(14-19)27-12-10-26(4)11-13-27/h5-9,14-15,17-18H,10-13,16H2,1-4H3,(H,25,28)/t18-/m1/s1. The zero-order valence-corrected chi connectivity index (χ0v) is 17.9. The van der Waals surface area contributed by atoms with Crippen molar-refractivity contribution in [3.63, 3.8) is 0 Å². The van der Waals surface area contributed by atoms with Gasteiger partial charge in [-0.3, -0.25) is 4.79 Å². The fraction of sp³-hybridized carbons (Fsp3) is 0.478. The number of piperazine rings is 1. The van der Waals surface area contributed by atoms with Crippen LogP contribution in [0, 0.1) is 0 Å². The maximum absolute atomic E-state index is 12.5. The number of anilines is 1. The van der Waals surface area contributed by atoms with E-state index in [2.05, 4.69) is 53.1 Å². The highest BCUT2D eigenvalue weighted by Gasteiger charge is 2.17. The SMILES string of the molecule is CC(C)c1cccc(O[C@H](C)C(=O)NCc2ccnc(N3CCN(C)CC3)c2)c1. The molecule has 0 bridgehead atoms. The van der Waals surface area contributed by atoms with Gasteiger partial charge in [0, 0.05) is 38.9 Å². The molecule has 1 atom stereocenters. The van der Waals surface area contributed by atoms with Crippen molar-refractivity contribution in [1.29, 1.82) is 0 Å². The number of nitrogens with one attached hydrogen (secondary N) is 1. The lowest BCUT2D eigenvalue weighted by Gasteiger charge is -2.33. The van der Waals surface area contributed by atoms with Gasteiger partial charge >= 0.3 is 0 Å². The third kappa shape index (κ3) is 5.94. The Morgan fingerprint density at radius 1 is 1.14 bits per heavy atom. The number of amides is 1. The summed E-state index contributed by atoms with van der Waals surface area (Å²) in [6.07, 6.45) is 1.25. The van der Waals surface area contributed by atoms with E-state index in [1.165, 1.54) is 5.56 Å². The van der Waals surface area contributed by atoms with E-state index < -0.39 is 6.10 Å². The van der Waals surface area contributed by atoms with Crippen LogP contribution in [0.3, 0.4) is 0 Å². The molecule has 6 nitrogen and oxygen atoms in total. The van der Waals surface area contributed by atoms with Gasteiger partial charge in [0.05, 0.1) is 0 Å². The number of likely N-dealkylation sites (N-methyl/N-ethyl adjacent to an activating group) is 1. The Kier molecular flexibility index (Phi) is 7.09. The molecule has 3 rings (SSSR count). The molecule has 1 aliphatic heterocycles. The van der Waals surface area contributed by atoms with Gasteiger partial charge in [-0.25, -0.2) is 4.98 Å². The van der Waals surface area contributed by atoms with Crippen molar-refractivity contribution in [2.75, 3.05) is 38.1 Å². The molecule has 156 valence electrons. The van der Waals surface area contributed by atoms with Crippen LogP contribution in [0.2, 0.25) is 0 Å². The second kappa shape index (κ2) is 9.74.